The molecule has 4 aromatic rings. The summed E-state index contributed by atoms with van der Waals surface area (Å²) in [5, 5.41) is 15.3. The van der Waals surface area contributed by atoms with Gasteiger partial charge in [0, 0.05) is 6.07 Å². The zero-order valence-electron chi connectivity index (χ0n) is 14.5. The van der Waals surface area contributed by atoms with Crippen molar-refractivity contribution in [2.24, 2.45) is 0 Å². The Balaban J connectivity index is 1.71. The van der Waals surface area contributed by atoms with Gasteiger partial charge in [0.2, 0.25) is 0 Å². The first-order chi connectivity index (χ1) is 14.0. The van der Waals surface area contributed by atoms with Gasteiger partial charge in [-0.25, -0.2) is 18.7 Å². The predicted octanol–water partition coefficient (Wildman–Crippen LogP) is 2.01. The van der Waals surface area contributed by atoms with Crippen LogP contribution in [0.4, 0.5) is 10.1 Å². The van der Waals surface area contributed by atoms with Crippen molar-refractivity contribution in [1.29, 1.82) is 0 Å². The van der Waals surface area contributed by atoms with Gasteiger partial charge in [-0.3, -0.25) is 25.1 Å². The van der Waals surface area contributed by atoms with E-state index >= 15 is 0 Å². The Morgan fingerprint density at radius 3 is 2.59 bits per heavy atom. The number of aromatic nitrogens is 4. The maximum Gasteiger partial charge on any atom is 0.283 e. The van der Waals surface area contributed by atoms with Crippen LogP contribution in [-0.4, -0.2) is 30.3 Å². The number of carbonyl (C=O) groups is 1. The number of carbonyl (C=O) groups excluding carboxylic acids is 1. The predicted molar refractivity (Wildman–Crippen MR) is 99.9 cm³/mol. The molecule has 0 saturated heterocycles. The quantitative estimate of drug-likeness (QED) is 0.417. The molecule has 2 heterocycles. The Labute approximate surface area is 161 Å². The van der Waals surface area contributed by atoms with Crippen LogP contribution in [0.15, 0.2) is 65.8 Å². The summed E-state index contributed by atoms with van der Waals surface area (Å²) in [4.78, 5) is 39.6. The van der Waals surface area contributed by atoms with Crippen molar-refractivity contribution in [3.63, 3.8) is 0 Å². The van der Waals surface area contributed by atoms with E-state index in [1.54, 1.807) is 0 Å². The van der Waals surface area contributed by atoms with Crippen LogP contribution in [0, 0.1) is 15.9 Å². The van der Waals surface area contributed by atoms with E-state index in [4.69, 9.17) is 0 Å². The molecule has 1 N–H and O–H groups in total. The largest absolute Gasteiger partial charge is 0.283 e. The Hall–Kier alpha value is -4.41. The number of hydrogen-bond donors (Lipinski definition) is 1. The molecule has 0 bridgehead atoms. The third kappa shape index (κ3) is 3.20. The van der Waals surface area contributed by atoms with Gasteiger partial charge in [0.1, 0.15) is 23.1 Å². The number of benzene rings is 2. The monoisotopic (exact) mass is 394 g/mol. The van der Waals surface area contributed by atoms with Crippen LogP contribution in [-0.2, 0) is 0 Å². The molecule has 11 heteroatoms. The number of para-hydroxylation sites is 1. The Morgan fingerprint density at radius 1 is 1.14 bits per heavy atom. The van der Waals surface area contributed by atoms with Crippen molar-refractivity contribution in [3.8, 4) is 5.69 Å². The van der Waals surface area contributed by atoms with Crippen molar-refractivity contribution in [1.82, 2.24) is 19.4 Å². The highest BCUT2D eigenvalue weighted by Crippen LogP contribution is 2.18. The lowest BCUT2D eigenvalue weighted by Crippen LogP contribution is -2.33. The number of rotatable bonds is 4. The third-order valence-corrected chi connectivity index (χ3v) is 4.13. The van der Waals surface area contributed by atoms with E-state index in [1.165, 1.54) is 59.4 Å². The second-order valence-corrected chi connectivity index (χ2v) is 5.90. The van der Waals surface area contributed by atoms with Gasteiger partial charge in [0.25, 0.3) is 17.2 Å². The van der Waals surface area contributed by atoms with Crippen molar-refractivity contribution >= 4 is 22.6 Å². The fourth-order valence-corrected chi connectivity index (χ4v) is 2.76. The molecule has 2 aromatic heterocycles. The van der Waals surface area contributed by atoms with Gasteiger partial charge >= 0.3 is 0 Å². The van der Waals surface area contributed by atoms with Crippen LogP contribution in [0.1, 0.15) is 10.4 Å². The molecular weight excluding hydrogens is 383 g/mol. The van der Waals surface area contributed by atoms with E-state index in [9.17, 15) is 24.1 Å². The average molecular weight is 394 g/mol. The summed E-state index contributed by atoms with van der Waals surface area (Å²) < 4.78 is 15.3. The highest BCUT2D eigenvalue weighted by Gasteiger charge is 2.20. The lowest BCUT2D eigenvalue weighted by atomic mass is 10.2. The minimum atomic E-state index is -0.841. The standard InChI is InChI=1S/C18H11FN6O4/c19-11-5-7-12(8-6-11)24-16-14(9-21-24)18(27)23(10-20-16)22-17(26)13-3-1-2-4-15(13)25(28)29/h1-10H,(H,22,26). The highest BCUT2D eigenvalue weighted by atomic mass is 19.1. The van der Waals surface area contributed by atoms with Gasteiger partial charge in [0.15, 0.2) is 5.65 Å². The molecule has 0 saturated carbocycles. The first-order valence-corrected chi connectivity index (χ1v) is 8.22. The number of nitro groups is 1. The lowest BCUT2D eigenvalue weighted by Gasteiger charge is -2.08. The summed E-state index contributed by atoms with van der Waals surface area (Å²) >= 11 is 0. The van der Waals surface area contributed by atoms with E-state index in [0.717, 1.165) is 11.0 Å². The van der Waals surface area contributed by atoms with E-state index in [1.807, 2.05) is 0 Å². The third-order valence-electron chi connectivity index (χ3n) is 4.13. The number of halogens is 1. The van der Waals surface area contributed by atoms with Gasteiger partial charge in [0.05, 0.1) is 16.8 Å². The van der Waals surface area contributed by atoms with Crippen LogP contribution in [0.3, 0.4) is 0 Å². The Morgan fingerprint density at radius 2 is 1.86 bits per heavy atom. The van der Waals surface area contributed by atoms with Gasteiger partial charge in [-0.1, -0.05) is 12.1 Å². The Bertz CT molecular complexity index is 1310. The molecule has 29 heavy (non-hydrogen) atoms. The molecule has 0 atom stereocenters. The van der Waals surface area contributed by atoms with Crippen LogP contribution < -0.4 is 11.0 Å². The average Bonchev–Trinajstić information content (AvgIpc) is 3.15. The van der Waals surface area contributed by atoms with Gasteiger partial charge in [-0.2, -0.15) is 5.10 Å². The summed E-state index contributed by atoms with van der Waals surface area (Å²) in [6.07, 6.45) is 2.33. The maximum atomic E-state index is 13.1. The first-order valence-electron chi connectivity index (χ1n) is 8.22. The van der Waals surface area contributed by atoms with E-state index < -0.39 is 27.9 Å². The molecule has 144 valence electrons. The molecular formula is C18H11FN6O4. The van der Waals surface area contributed by atoms with Crippen LogP contribution in [0.2, 0.25) is 0 Å². The molecule has 0 radical (unpaired) electrons. The zero-order chi connectivity index (χ0) is 20.5. The van der Waals surface area contributed by atoms with Gasteiger partial charge < -0.3 is 0 Å². The molecule has 0 fully saturated rings. The van der Waals surface area contributed by atoms with Crippen LogP contribution in [0.5, 0.6) is 0 Å². The fourth-order valence-electron chi connectivity index (χ4n) is 2.76. The molecule has 0 aliphatic rings. The fraction of sp³-hybridized carbons (Fsp3) is 0. The summed E-state index contributed by atoms with van der Waals surface area (Å²) in [6, 6.07) is 10.8. The minimum Gasteiger partial charge on any atom is -0.267 e. The molecule has 2 aromatic carbocycles. The first kappa shape index (κ1) is 18.0. The molecule has 0 unspecified atom stereocenters. The summed E-state index contributed by atoms with van der Waals surface area (Å²) in [5.74, 6) is -1.26. The summed E-state index contributed by atoms with van der Waals surface area (Å²) in [7, 11) is 0. The Kier molecular flexibility index (Phi) is 4.31. The lowest BCUT2D eigenvalue weighted by molar-refractivity contribution is -0.385. The van der Waals surface area contributed by atoms with E-state index in [-0.39, 0.29) is 16.6 Å². The number of hydrogen-bond acceptors (Lipinski definition) is 6. The van der Waals surface area contributed by atoms with Crippen molar-refractivity contribution in [3.05, 3.63) is 92.9 Å². The highest BCUT2D eigenvalue weighted by molar-refractivity contribution is 6.03. The molecule has 0 aliphatic carbocycles. The van der Waals surface area contributed by atoms with E-state index in [0.29, 0.717) is 5.69 Å². The number of amides is 1. The summed E-state index contributed by atoms with van der Waals surface area (Å²) in [6.45, 7) is 0. The second-order valence-electron chi connectivity index (χ2n) is 5.90. The SMILES string of the molecule is O=C(Nn1cnc2c(cnn2-c2ccc(F)cc2)c1=O)c1ccccc1[N+](=O)[O-]. The normalized spacial score (nSPS) is 10.8. The number of nitrogens with zero attached hydrogens (tertiary/aromatic N) is 5. The number of nitro benzene ring substituents is 1. The van der Waals surface area contributed by atoms with Crippen molar-refractivity contribution in [2.75, 3.05) is 5.43 Å². The second kappa shape index (κ2) is 6.96. The minimum absolute atomic E-state index is 0.0969. The molecule has 0 aliphatic heterocycles. The molecule has 4 rings (SSSR count). The maximum absolute atomic E-state index is 13.1. The number of nitrogens with one attached hydrogen (secondary N) is 1. The van der Waals surface area contributed by atoms with Crippen LogP contribution in [0.25, 0.3) is 16.7 Å². The zero-order valence-corrected chi connectivity index (χ0v) is 14.5. The van der Waals surface area contributed by atoms with E-state index in [2.05, 4.69) is 15.5 Å². The van der Waals surface area contributed by atoms with Crippen LogP contribution >= 0.6 is 0 Å². The smallest absolute Gasteiger partial charge is 0.267 e. The topological polar surface area (TPSA) is 125 Å². The molecule has 0 spiro atoms. The van der Waals surface area contributed by atoms with Gasteiger partial charge in [-0.15, -0.1) is 0 Å². The molecule has 10 nitrogen and oxygen atoms in total. The van der Waals surface area contributed by atoms with Gasteiger partial charge in [-0.05, 0) is 30.3 Å². The molecule has 1 amide bonds. The van der Waals surface area contributed by atoms with Crippen molar-refractivity contribution < 1.29 is 14.1 Å². The number of fused-ring (bicyclic) bond motifs is 1. The summed E-state index contributed by atoms with van der Waals surface area (Å²) in [5.41, 5.74) is 1.76. The van der Waals surface area contributed by atoms with Crippen molar-refractivity contribution in [2.45, 2.75) is 0 Å².